The molecule has 2 atom stereocenters. The summed E-state index contributed by atoms with van der Waals surface area (Å²) in [5, 5.41) is 8.00. The molecule has 2 rings (SSSR count). The maximum absolute atomic E-state index is 3.65. The molecule has 0 radical (unpaired) electrons. The average molecular weight is 273 g/mol. The number of rotatable bonds is 5. The fourth-order valence-electron chi connectivity index (χ4n) is 2.26. The van der Waals surface area contributed by atoms with E-state index in [4.69, 9.17) is 0 Å². The van der Waals surface area contributed by atoms with Crippen LogP contribution in [0.5, 0.6) is 0 Å². The van der Waals surface area contributed by atoms with Crippen molar-refractivity contribution in [2.45, 2.75) is 45.7 Å². The van der Waals surface area contributed by atoms with Crippen LogP contribution in [0.4, 0.5) is 0 Å². The molecule has 0 aliphatic carbocycles. The highest BCUT2D eigenvalue weighted by Crippen LogP contribution is 2.22. The molecule has 0 fully saturated rings. The van der Waals surface area contributed by atoms with E-state index in [0.29, 0.717) is 18.0 Å². The van der Waals surface area contributed by atoms with Gasteiger partial charge in [-0.3, -0.25) is 0 Å². The Balaban J connectivity index is 2.01. The molecule has 102 valence electrons. The van der Waals surface area contributed by atoms with Crippen molar-refractivity contribution in [1.82, 2.24) is 5.32 Å². The van der Waals surface area contributed by atoms with Gasteiger partial charge in [0, 0.05) is 12.1 Å². The van der Waals surface area contributed by atoms with Crippen molar-refractivity contribution in [3.63, 3.8) is 0 Å². The molecule has 2 heteroatoms. The molecule has 1 aromatic heterocycles. The van der Waals surface area contributed by atoms with E-state index < -0.39 is 0 Å². The zero-order valence-corrected chi connectivity index (χ0v) is 13.0. The van der Waals surface area contributed by atoms with Gasteiger partial charge in [0.05, 0.1) is 0 Å². The molecule has 1 aromatic carbocycles. The van der Waals surface area contributed by atoms with Crippen molar-refractivity contribution < 1.29 is 0 Å². The largest absolute Gasteiger partial charge is 0.304 e. The van der Waals surface area contributed by atoms with E-state index in [1.807, 2.05) is 0 Å². The quantitative estimate of drug-likeness (QED) is 0.781. The molecule has 0 saturated heterocycles. The third-order valence-corrected chi connectivity index (χ3v) is 4.35. The molecule has 0 aliphatic heterocycles. The summed E-state index contributed by atoms with van der Waals surface area (Å²) >= 11 is 1.76. The van der Waals surface area contributed by atoms with Crippen LogP contribution in [0.15, 0.2) is 41.1 Å². The van der Waals surface area contributed by atoms with Crippen LogP contribution in [0.25, 0.3) is 0 Å². The Kier molecular flexibility index (Phi) is 4.78. The highest BCUT2D eigenvalue weighted by molar-refractivity contribution is 7.07. The van der Waals surface area contributed by atoms with Gasteiger partial charge < -0.3 is 5.32 Å². The monoisotopic (exact) mass is 273 g/mol. The Labute approximate surface area is 120 Å². The normalized spacial score (nSPS) is 14.6. The van der Waals surface area contributed by atoms with E-state index >= 15 is 0 Å². The number of hydrogen-bond acceptors (Lipinski definition) is 2. The number of nitrogens with one attached hydrogen (secondary N) is 1. The van der Waals surface area contributed by atoms with Crippen LogP contribution in [-0.4, -0.2) is 0 Å². The molecule has 1 heterocycles. The molecule has 0 amide bonds. The van der Waals surface area contributed by atoms with Crippen LogP contribution in [0.1, 0.15) is 62.4 Å². The van der Waals surface area contributed by atoms with Gasteiger partial charge in [-0.1, -0.05) is 38.1 Å². The summed E-state index contributed by atoms with van der Waals surface area (Å²) in [6.45, 7) is 8.92. The number of hydrogen-bond donors (Lipinski definition) is 1. The molecule has 19 heavy (non-hydrogen) atoms. The summed E-state index contributed by atoms with van der Waals surface area (Å²) in [4.78, 5) is 0. The maximum Gasteiger partial charge on any atom is 0.0305 e. The summed E-state index contributed by atoms with van der Waals surface area (Å²) in [6, 6.07) is 11.9. The van der Waals surface area contributed by atoms with Gasteiger partial charge in [-0.15, -0.1) is 0 Å². The molecule has 1 N–H and O–H groups in total. The van der Waals surface area contributed by atoms with Gasteiger partial charge in [0.1, 0.15) is 0 Å². The third-order valence-electron chi connectivity index (χ3n) is 3.65. The van der Waals surface area contributed by atoms with E-state index in [1.54, 1.807) is 11.3 Å². The predicted octanol–water partition coefficient (Wildman–Crippen LogP) is 5.28. The summed E-state index contributed by atoms with van der Waals surface area (Å²) in [5.41, 5.74) is 4.13. The molecule has 0 aliphatic rings. The fraction of sp³-hybridized carbons (Fsp3) is 0.412. The van der Waals surface area contributed by atoms with Crippen molar-refractivity contribution >= 4 is 11.3 Å². The highest BCUT2D eigenvalue weighted by Gasteiger charge is 2.11. The van der Waals surface area contributed by atoms with Crippen LogP contribution in [0, 0.1) is 0 Å². The van der Waals surface area contributed by atoms with Crippen LogP contribution in [0.2, 0.25) is 0 Å². The lowest BCUT2D eigenvalue weighted by Gasteiger charge is -2.20. The fourth-order valence-corrected chi connectivity index (χ4v) is 3.01. The predicted molar refractivity (Wildman–Crippen MR) is 84.8 cm³/mol. The van der Waals surface area contributed by atoms with E-state index in [9.17, 15) is 0 Å². The van der Waals surface area contributed by atoms with Crippen molar-refractivity contribution in [1.29, 1.82) is 0 Å². The minimum atomic E-state index is 0.371. The van der Waals surface area contributed by atoms with Crippen molar-refractivity contribution in [2.75, 3.05) is 0 Å². The molecule has 0 spiro atoms. The van der Waals surface area contributed by atoms with Gasteiger partial charge in [-0.2, -0.15) is 11.3 Å². The average Bonchev–Trinajstić information content (AvgIpc) is 2.92. The Morgan fingerprint density at radius 3 is 1.89 bits per heavy atom. The minimum absolute atomic E-state index is 0.371. The van der Waals surface area contributed by atoms with Crippen LogP contribution >= 0.6 is 11.3 Å². The zero-order valence-electron chi connectivity index (χ0n) is 12.2. The second kappa shape index (κ2) is 6.36. The van der Waals surface area contributed by atoms with E-state index in [-0.39, 0.29) is 0 Å². The smallest absolute Gasteiger partial charge is 0.0305 e. The summed E-state index contributed by atoms with van der Waals surface area (Å²) in [7, 11) is 0. The summed E-state index contributed by atoms with van der Waals surface area (Å²) < 4.78 is 0. The van der Waals surface area contributed by atoms with Gasteiger partial charge in [-0.05, 0) is 53.3 Å². The first kappa shape index (κ1) is 14.3. The second-order valence-corrected chi connectivity index (χ2v) is 6.27. The molecule has 1 nitrogen and oxygen atoms in total. The lowest BCUT2D eigenvalue weighted by molar-refractivity contribution is 0.495. The molecule has 2 unspecified atom stereocenters. The minimum Gasteiger partial charge on any atom is -0.304 e. The Bertz CT molecular complexity index is 484. The molecular weight excluding hydrogens is 250 g/mol. The van der Waals surface area contributed by atoms with Crippen molar-refractivity contribution in [3.05, 3.63) is 57.8 Å². The molecule has 0 bridgehead atoms. The third kappa shape index (κ3) is 3.68. The van der Waals surface area contributed by atoms with Crippen LogP contribution in [-0.2, 0) is 0 Å². The first-order chi connectivity index (χ1) is 9.08. The zero-order chi connectivity index (χ0) is 13.8. The van der Waals surface area contributed by atoms with Gasteiger partial charge in [0.25, 0.3) is 0 Å². The van der Waals surface area contributed by atoms with E-state index in [1.165, 1.54) is 16.7 Å². The number of benzene rings is 1. The van der Waals surface area contributed by atoms with Crippen molar-refractivity contribution in [2.24, 2.45) is 0 Å². The van der Waals surface area contributed by atoms with Crippen molar-refractivity contribution in [3.8, 4) is 0 Å². The van der Waals surface area contributed by atoms with E-state index in [2.05, 4.69) is 74.1 Å². The molecule has 0 saturated carbocycles. The van der Waals surface area contributed by atoms with Crippen LogP contribution in [0.3, 0.4) is 0 Å². The SMILES string of the molecule is CC(C)c1ccc(C(C)NC(C)c2ccsc2)cc1. The van der Waals surface area contributed by atoms with Gasteiger partial charge in [0.15, 0.2) is 0 Å². The van der Waals surface area contributed by atoms with Crippen LogP contribution < -0.4 is 5.32 Å². The molecule has 2 aromatic rings. The summed E-state index contributed by atoms with van der Waals surface area (Å²) in [5.74, 6) is 0.599. The Hall–Kier alpha value is -1.12. The summed E-state index contributed by atoms with van der Waals surface area (Å²) in [6.07, 6.45) is 0. The lowest BCUT2D eigenvalue weighted by atomic mass is 9.99. The van der Waals surface area contributed by atoms with Gasteiger partial charge in [0.2, 0.25) is 0 Å². The van der Waals surface area contributed by atoms with Gasteiger partial charge >= 0.3 is 0 Å². The lowest BCUT2D eigenvalue weighted by Crippen LogP contribution is -2.22. The second-order valence-electron chi connectivity index (χ2n) is 5.49. The van der Waals surface area contributed by atoms with E-state index in [0.717, 1.165) is 0 Å². The number of thiophene rings is 1. The first-order valence-corrected chi connectivity index (χ1v) is 7.90. The molecular formula is C17H23NS. The highest BCUT2D eigenvalue weighted by atomic mass is 32.1. The Morgan fingerprint density at radius 1 is 0.789 bits per heavy atom. The first-order valence-electron chi connectivity index (χ1n) is 6.96. The Morgan fingerprint density at radius 2 is 1.37 bits per heavy atom. The topological polar surface area (TPSA) is 12.0 Å². The van der Waals surface area contributed by atoms with Gasteiger partial charge in [-0.25, -0.2) is 0 Å². The maximum atomic E-state index is 3.65. The standard InChI is InChI=1S/C17H23NS/c1-12(2)15-5-7-16(8-6-15)13(3)18-14(4)17-9-10-19-11-17/h5-14,18H,1-4H3.